The number of nitrogens with zero attached hydrogens (tertiary/aromatic N) is 3. The van der Waals surface area contributed by atoms with Crippen molar-refractivity contribution in [1.29, 1.82) is 0 Å². The van der Waals surface area contributed by atoms with Crippen molar-refractivity contribution in [3.8, 4) is 0 Å². The Labute approximate surface area is 155 Å². The maximum absolute atomic E-state index is 12.8. The zero-order valence-corrected chi connectivity index (χ0v) is 15.6. The van der Waals surface area contributed by atoms with Gasteiger partial charge in [-0.2, -0.15) is 0 Å². The number of aliphatic hydroxyl groups is 1. The summed E-state index contributed by atoms with van der Waals surface area (Å²) in [6, 6.07) is 10.4. The first-order valence-corrected chi connectivity index (χ1v) is 9.47. The van der Waals surface area contributed by atoms with Crippen molar-refractivity contribution in [3.63, 3.8) is 0 Å². The van der Waals surface area contributed by atoms with E-state index in [9.17, 15) is 14.7 Å². The Balaban J connectivity index is 1.54. The van der Waals surface area contributed by atoms with Gasteiger partial charge in [0.05, 0.1) is 18.6 Å². The van der Waals surface area contributed by atoms with Gasteiger partial charge in [-0.15, -0.1) is 0 Å². The zero-order valence-electron chi connectivity index (χ0n) is 15.6. The molecule has 26 heavy (non-hydrogen) atoms. The van der Waals surface area contributed by atoms with Gasteiger partial charge < -0.3 is 14.9 Å². The Morgan fingerprint density at radius 1 is 1.08 bits per heavy atom. The molecular weight excluding hydrogens is 330 g/mol. The molecule has 0 saturated carbocycles. The maximum Gasteiger partial charge on any atom is 0.225 e. The highest BCUT2D eigenvalue weighted by atomic mass is 16.3. The quantitative estimate of drug-likeness (QED) is 0.855. The van der Waals surface area contributed by atoms with E-state index < -0.39 is 5.54 Å². The molecular formula is C20H29N3O3. The molecule has 6 heteroatoms. The van der Waals surface area contributed by atoms with Crippen LogP contribution in [0.2, 0.25) is 0 Å². The predicted octanol–water partition coefficient (Wildman–Crippen LogP) is 1.09. The first kappa shape index (κ1) is 18.9. The van der Waals surface area contributed by atoms with Gasteiger partial charge in [0.2, 0.25) is 11.8 Å². The van der Waals surface area contributed by atoms with Gasteiger partial charge in [0.25, 0.3) is 0 Å². The molecule has 0 aliphatic carbocycles. The number of carbonyl (C=O) groups excluding carboxylic acids is 2. The minimum atomic E-state index is -0.704. The van der Waals surface area contributed by atoms with E-state index in [0.29, 0.717) is 26.1 Å². The molecule has 1 aromatic carbocycles. The fourth-order valence-electron chi connectivity index (χ4n) is 4.22. The van der Waals surface area contributed by atoms with Crippen LogP contribution in [-0.2, 0) is 16.1 Å². The molecule has 2 fully saturated rings. The Hall–Kier alpha value is -1.92. The Morgan fingerprint density at radius 3 is 2.38 bits per heavy atom. The van der Waals surface area contributed by atoms with Crippen LogP contribution >= 0.6 is 0 Å². The van der Waals surface area contributed by atoms with E-state index in [4.69, 9.17) is 0 Å². The molecule has 2 amide bonds. The third-order valence-corrected chi connectivity index (χ3v) is 5.73. The third kappa shape index (κ3) is 4.07. The Kier molecular flexibility index (Phi) is 5.94. The van der Waals surface area contributed by atoms with Gasteiger partial charge in [-0.3, -0.25) is 14.5 Å². The van der Waals surface area contributed by atoms with Crippen LogP contribution in [0, 0.1) is 0 Å². The van der Waals surface area contributed by atoms with E-state index in [2.05, 4.69) is 17.0 Å². The molecule has 1 atom stereocenters. The van der Waals surface area contributed by atoms with Crippen molar-refractivity contribution in [3.05, 3.63) is 35.9 Å². The number of piperazine rings is 1. The molecule has 0 spiro atoms. The Morgan fingerprint density at radius 2 is 1.77 bits per heavy atom. The molecule has 0 unspecified atom stereocenters. The van der Waals surface area contributed by atoms with Crippen molar-refractivity contribution < 1.29 is 14.7 Å². The molecule has 0 aromatic heterocycles. The van der Waals surface area contributed by atoms with Crippen LogP contribution in [0.4, 0.5) is 0 Å². The van der Waals surface area contributed by atoms with E-state index in [1.807, 2.05) is 23.1 Å². The second kappa shape index (κ2) is 8.18. The molecule has 2 saturated heterocycles. The summed E-state index contributed by atoms with van der Waals surface area (Å²) in [7, 11) is 0. The lowest BCUT2D eigenvalue weighted by molar-refractivity contribution is -0.141. The summed E-state index contributed by atoms with van der Waals surface area (Å²) in [5, 5.41) is 9.92. The number of rotatable bonds is 5. The largest absolute Gasteiger partial charge is 0.394 e. The normalized spacial score (nSPS) is 24.1. The van der Waals surface area contributed by atoms with Gasteiger partial charge >= 0.3 is 0 Å². The molecule has 2 heterocycles. The summed E-state index contributed by atoms with van der Waals surface area (Å²) in [6.45, 7) is 6.01. The number of hydrogen-bond donors (Lipinski definition) is 1. The number of hydrogen-bond acceptors (Lipinski definition) is 4. The highest BCUT2D eigenvalue weighted by molar-refractivity contribution is 5.80. The monoisotopic (exact) mass is 359 g/mol. The number of carbonyl (C=O) groups is 2. The van der Waals surface area contributed by atoms with E-state index >= 15 is 0 Å². The van der Waals surface area contributed by atoms with Crippen molar-refractivity contribution in [1.82, 2.24) is 14.7 Å². The molecule has 1 aromatic rings. The fraction of sp³-hybridized carbons (Fsp3) is 0.600. The van der Waals surface area contributed by atoms with Crippen LogP contribution in [-0.4, -0.2) is 76.5 Å². The average molecular weight is 359 g/mol. The van der Waals surface area contributed by atoms with E-state index in [0.717, 1.165) is 26.1 Å². The van der Waals surface area contributed by atoms with Gasteiger partial charge in [0, 0.05) is 46.2 Å². The molecule has 3 rings (SSSR count). The number of benzene rings is 1. The van der Waals surface area contributed by atoms with Gasteiger partial charge in [0.1, 0.15) is 0 Å². The fourth-order valence-corrected chi connectivity index (χ4v) is 4.22. The summed E-state index contributed by atoms with van der Waals surface area (Å²) in [5.41, 5.74) is 0.582. The molecule has 2 aliphatic heterocycles. The van der Waals surface area contributed by atoms with E-state index in [1.165, 1.54) is 12.5 Å². The molecule has 0 bridgehead atoms. The van der Waals surface area contributed by atoms with E-state index in [-0.39, 0.29) is 24.8 Å². The van der Waals surface area contributed by atoms with Crippen molar-refractivity contribution >= 4 is 11.8 Å². The standard InChI is InChI=1S/C20H29N3O3/c1-17(25)23-9-5-8-20(23,16-24)14-19(26)22-12-10-21(11-13-22)15-18-6-3-2-4-7-18/h2-4,6-7,24H,5,8-16H2,1H3/t20-/m1/s1. The average Bonchev–Trinajstić information content (AvgIpc) is 3.07. The lowest BCUT2D eigenvalue weighted by Crippen LogP contribution is -2.54. The molecule has 1 N–H and O–H groups in total. The minimum Gasteiger partial charge on any atom is -0.394 e. The lowest BCUT2D eigenvalue weighted by Gasteiger charge is -2.40. The smallest absolute Gasteiger partial charge is 0.225 e. The first-order valence-electron chi connectivity index (χ1n) is 9.47. The predicted molar refractivity (Wildman–Crippen MR) is 99.4 cm³/mol. The van der Waals surface area contributed by atoms with Gasteiger partial charge in [-0.25, -0.2) is 0 Å². The summed E-state index contributed by atoms with van der Waals surface area (Å²) < 4.78 is 0. The van der Waals surface area contributed by atoms with Gasteiger partial charge in [0.15, 0.2) is 0 Å². The first-order chi connectivity index (χ1) is 12.5. The minimum absolute atomic E-state index is 0.0477. The van der Waals surface area contributed by atoms with Crippen LogP contribution in [0.5, 0.6) is 0 Å². The topological polar surface area (TPSA) is 64.1 Å². The molecule has 2 aliphatic rings. The van der Waals surface area contributed by atoms with Crippen LogP contribution in [0.15, 0.2) is 30.3 Å². The van der Waals surface area contributed by atoms with Crippen LogP contribution in [0.25, 0.3) is 0 Å². The summed E-state index contributed by atoms with van der Waals surface area (Å²) >= 11 is 0. The summed E-state index contributed by atoms with van der Waals surface area (Å²) in [6.07, 6.45) is 1.77. The molecule has 0 radical (unpaired) electrons. The molecule has 142 valence electrons. The zero-order chi connectivity index (χ0) is 18.6. The van der Waals surface area contributed by atoms with Crippen LogP contribution in [0.1, 0.15) is 31.7 Å². The maximum atomic E-state index is 12.8. The highest BCUT2D eigenvalue weighted by Crippen LogP contribution is 2.33. The van der Waals surface area contributed by atoms with Crippen LogP contribution in [0.3, 0.4) is 0 Å². The lowest BCUT2D eigenvalue weighted by atomic mass is 9.92. The third-order valence-electron chi connectivity index (χ3n) is 5.73. The van der Waals surface area contributed by atoms with Crippen molar-refractivity contribution in [2.75, 3.05) is 39.3 Å². The second-order valence-electron chi connectivity index (χ2n) is 7.48. The number of amides is 2. The number of likely N-dealkylation sites (tertiary alicyclic amines) is 1. The van der Waals surface area contributed by atoms with Gasteiger partial charge in [-0.05, 0) is 18.4 Å². The Bertz CT molecular complexity index is 628. The van der Waals surface area contributed by atoms with Gasteiger partial charge in [-0.1, -0.05) is 30.3 Å². The number of aliphatic hydroxyl groups excluding tert-OH is 1. The SMILES string of the molecule is CC(=O)N1CCC[C@]1(CO)CC(=O)N1CCN(Cc2ccccc2)CC1. The van der Waals surface area contributed by atoms with Crippen LogP contribution < -0.4 is 0 Å². The van der Waals surface area contributed by atoms with Crippen molar-refractivity contribution in [2.45, 2.75) is 38.3 Å². The summed E-state index contributed by atoms with van der Waals surface area (Å²) in [5.74, 6) is -0.0106. The molecule has 6 nitrogen and oxygen atoms in total. The van der Waals surface area contributed by atoms with Crippen molar-refractivity contribution in [2.24, 2.45) is 0 Å². The second-order valence-corrected chi connectivity index (χ2v) is 7.48. The highest BCUT2D eigenvalue weighted by Gasteiger charge is 2.44. The van der Waals surface area contributed by atoms with E-state index in [1.54, 1.807) is 4.90 Å². The summed E-state index contributed by atoms with van der Waals surface area (Å²) in [4.78, 5) is 30.6.